The predicted molar refractivity (Wildman–Crippen MR) is 75.2 cm³/mol. The maximum Gasteiger partial charge on any atom is 0.451 e. The number of nitrogens with zero attached hydrogens (tertiary/aromatic N) is 2. The molecule has 10 heteroatoms. The van der Waals surface area contributed by atoms with Crippen molar-refractivity contribution in [1.82, 2.24) is 15.2 Å². The number of aromatic nitrogens is 3. The van der Waals surface area contributed by atoms with Crippen molar-refractivity contribution >= 4 is 24.3 Å². The minimum absolute atomic E-state index is 0. The summed E-state index contributed by atoms with van der Waals surface area (Å²) in [5, 5.41) is 7.14. The first kappa shape index (κ1) is 17.9. The van der Waals surface area contributed by atoms with Gasteiger partial charge in [0.2, 0.25) is 11.8 Å². The molecule has 2 aromatic rings. The third-order valence-electron chi connectivity index (χ3n) is 2.82. The molecule has 0 spiro atoms. The van der Waals surface area contributed by atoms with Crippen molar-refractivity contribution in [1.29, 1.82) is 0 Å². The van der Waals surface area contributed by atoms with Gasteiger partial charge in [-0.2, -0.15) is 18.2 Å². The molecule has 0 aliphatic carbocycles. The van der Waals surface area contributed by atoms with Gasteiger partial charge in [0, 0.05) is 0 Å². The summed E-state index contributed by atoms with van der Waals surface area (Å²) in [6.45, 7) is 1.44. The van der Waals surface area contributed by atoms with Crippen molar-refractivity contribution in [2.24, 2.45) is 5.73 Å². The summed E-state index contributed by atoms with van der Waals surface area (Å²) < 4.78 is 37.1. The molecule has 1 aromatic carbocycles. The van der Waals surface area contributed by atoms with E-state index in [9.17, 15) is 18.0 Å². The van der Waals surface area contributed by atoms with Crippen LogP contribution in [0.25, 0.3) is 0 Å². The van der Waals surface area contributed by atoms with Crippen molar-refractivity contribution in [3.8, 4) is 0 Å². The Balaban J connectivity index is 0.00000242. The molecule has 0 aliphatic rings. The molecule has 0 aliphatic heterocycles. The van der Waals surface area contributed by atoms with Gasteiger partial charge in [0.1, 0.15) is 5.54 Å². The average Bonchev–Trinajstić information content (AvgIpc) is 2.88. The molecule has 22 heavy (non-hydrogen) atoms. The number of alkyl halides is 3. The summed E-state index contributed by atoms with van der Waals surface area (Å²) in [5.74, 6) is -2.50. The quantitative estimate of drug-likeness (QED) is 0.799. The standard InChI is InChI=1S/C12H12F3N5O.ClH/c1-11(16,7-5-3-2-4-6-7)9(21)18-10-17-8(19-20-10)12(13,14)15;/h2-6H,16H2,1H3,(H2,17,18,19,20,21);1H. The molecule has 1 aromatic heterocycles. The fourth-order valence-electron chi connectivity index (χ4n) is 1.59. The number of halogens is 4. The zero-order valence-corrected chi connectivity index (χ0v) is 12.1. The summed E-state index contributed by atoms with van der Waals surface area (Å²) in [7, 11) is 0. The SMILES string of the molecule is CC(N)(C(=O)Nc1n[nH]c(C(F)(F)F)n1)c1ccccc1.Cl. The van der Waals surface area contributed by atoms with Crippen LogP contribution < -0.4 is 11.1 Å². The predicted octanol–water partition coefficient (Wildman–Crippen LogP) is 2.06. The number of amides is 1. The molecule has 0 radical (unpaired) electrons. The molecule has 2 rings (SSSR count). The van der Waals surface area contributed by atoms with Crippen LogP contribution in [0.1, 0.15) is 18.3 Å². The number of H-pyrrole nitrogens is 1. The number of carbonyl (C=O) groups is 1. The second-order valence-electron chi connectivity index (χ2n) is 4.53. The Kier molecular flexibility index (Phi) is 5.15. The highest BCUT2D eigenvalue weighted by Gasteiger charge is 2.36. The first-order chi connectivity index (χ1) is 9.71. The fourth-order valence-corrected chi connectivity index (χ4v) is 1.59. The summed E-state index contributed by atoms with van der Waals surface area (Å²) in [5.41, 5.74) is 5.00. The van der Waals surface area contributed by atoms with Crippen LogP contribution in [0.5, 0.6) is 0 Å². The van der Waals surface area contributed by atoms with Gasteiger partial charge in [0.05, 0.1) is 0 Å². The Hall–Kier alpha value is -2.13. The molecule has 6 nitrogen and oxygen atoms in total. The zero-order chi connectivity index (χ0) is 15.7. The molecule has 1 heterocycles. The van der Waals surface area contributed by atoms with Crippen LogP contribution >= 0.6 is 12.4 Å². The topological polar surface area (TPSA) is 96.7 Å². The number of nitrogens with two attached hydrogens (primary N) is 1. The largest absolute Gasteiger partial charge is 0.451 e. The van der Waals surface area contributed by atoms with Gasteiger partial charge in [0.15, 0.2) is 0 Å². The average molecular weight is 336 g/mol. The Morgan fingerprint density at radius 2 is 1.86 bits per heavy atom. The highest BCUT2D eigenvalue weighted by atomic mass is 35.5. The molecule has 0 bridgehead atoms. The lowest BCUT2D eigenvalue weighted by Gasteiger charge is -2.23. The first-order valence-corrected chi connectivity index (χ1v) is 5.86. The minimum atomic E-state index is -4.67. The molecule has 0 saturated heterocycles. The van der Waals surface area contributed by atoms with Crippen LogP contribution in [0.15, 0.2) is 30.3 Å². The highest BCUT2D eigenvalue weighted by Crippen LogP contribution is 2.26. The number of anilines is 1. The lowest BCUT2D eigenvalue weighted by molar-refractivity contribution is -0.144. The lowest BCUT2D eigenvalue weighted by Crippen LogP contribution is -2.45. The van der Waals surface area contributed by atoms with Crippen LogP contribution in [0.4, 0.5) is 19.1 Å². The summed E-state index contributed by atoms with van der Waals surface area (Å²) in [6, 6.07) is 8.42. The van der Waals surface area contributed by atoms with Crippen LogP contribution in [0.2, 0.25) is 0 Å². The maximum atomic E-state index is 12.4. The third-order valence-corrected chi connectivity index (χ3v) is 2.82. The van der Waals surface area contributed by atoms with E-state index in [1.54, 1.807) is 35.4 Å². The molecule has 0 fully saturated rings. The van der Waals surface area contributed by atoms with E-state index in [0.29, 0.717) is 5.56 Å². The van der Waals surface area contributed by atoms with Crippen LogP contribution in [-0.4, -0.2) is 21.1 Å². The number of nitrogens with one attached hydrogen (secondary N) is 2. The summed E-state index contributed by atoms with van der Waals surface area (Å²) in [4.78, 5) is 15.2. The Morgan fingerprint density at radius 3 is 2.36 bits per heavy atom. The van der Waals surface area contributed by atoms with Crippen LogP contribution in [0, 0.1) is 0 Å². The van der Waals surface area contributed by atoms with Gasteiger partial charge in [0.25, 0.3) is 5.91 Å². The van der Waals surface area contributed by atoms with Crippen molar-refractivity contribution in [2.75, 3.05) is 5.32 Å². The lowest BCUT2D eigenvalue weighted by atomic mass is 9.92. The monoisotopic (exact) mass is 335 g/mol. The Bertz CT molecular complexity index is 642. The number of aromatic amines is 1. The Morgan fingerprint density at radius 1 is 1.27 bits per heavy atom. The minimum Gasteiger partial charge on any atom is -0.314 e. The van der Waals surface area contributed by atoms with Crippen molar-refractivity contribution in [2.45, 2.75) is 18.6 Å². The molecule has 0 saturated carbocycles. The number of hydrogen-bond donors (Lipinski definition) is 3. The van der Waals surface area contributed by atoms with Gasteiger partial charge < -0.3 is 5.73 Å². The molecular weight excluding hydrogens is 323 g/mol. The maximum absolute atomic E-state index is 12.4. The van der Waals surface area contributed by atoms with Crippen molar-refractivity contribution in [3.63, 3.8) is 0 Å². The molecule has 1 atom stereocenters. The second kappa shape index (κ2) is 6.32. The Labute approximate surface area is 129 Å². The molecule has 1 amide bonds. The number of benzene rings is 1. The van der Waals surface area contributed by atoms with Gasteiger partial charge in [-0.3, -0.25) is 15.2 Å². The van der Waals surface area contributed by atoms with E-state index in [-0.39, 0.29) is 12.4 Å². The van der Waals surface area contributed by atoms with E-state index in [0.717, 1.165) is 0 Å². The van der Waals surface area contributed by atoms with Gasteiger partial charge in [-0.15, -0.1) is 17.5 Å². The fraction of sp³-hybridized carbons (Fsp3) is 0.250. The van der Waals surface area contributed by atoms with Gasteiger partial charge in [-0.05, 0) is 12.5 Å². The molecule has 4 N–H and O–H groups in total. The van der Waals surface area contributed by atoms with Crippen molar-refractivity contribution in [3.05, 3.63) is 41.7 Å². The van der Waals surface area contributed by atoms with E-state index in [1.165, 1.54) is 6.92 Å². The van der Waals surface area contributed by atoms with Gasteiger partial charge in [-0.25, -0.2) is 0 Å². The van der Waals surface area contributed by atoms with E-state index >= 15 is 0 Å². The smallest absolute Gasteiger partial charge is 0.314 e. The number of hydrogen-bond acceptors (Lipinski definition) is 4. The van der Waals surface area contributed by atoms with Crippen LogP contribution in [0.3, 0.4) is 0 Å². The summed E-state index contributed by atoms with van der Waals surface area (Å²) in [6.07, 6.45) is -4.67. The second-order valence-corrected chi connectivity index (χ2v) is 4.53. The normalized spacial score (nSPS) is 13.9. The van der Waals surface area contributed by atoms with Crippen molar-refractivity contribution < 1.29 is 18.0 Å². The first-order valence-electron chi connectivity index (χ1n) is 5.86. The summed E-state index contributed by atoms with van der Waals surface area (Å²) >= 11 is 0. The van der Waals surface area contributed by atoms with Gasteiger partial charge in [-0.1, -0.05) is 30.3 Å². The molecule has 1 unspecified atom stereocenters. The molecular formula is C12H13ClF3N5O. The van der Waals surface area contributed by atoms with E-state index < -0.39 is 29.4 Å². The van der Waals surface area contributed by atoms with Crippen LogP contribution in [-0.2, 0) is 16.5 Å². The highest BCUT2D eigenvalue weighted by molar-refractivity contribution is 5.97. The van der Waals surface area contributed by atoms with E-state index in [1.807, 2.05) is 0 Å². The van der Waals surface area contributed by atoms with E-state index in [2.05, 4.69) is 15.4 Å². The molecule has 120 valence electrons. The van der Waals surface area contributed by atoms with Gasteiger partial charge >= 0.3 is 6.18 Å². The third kappa shape index (κ3) is 3.74. The zero-order valence-electron chi connectivity index (χ0n) is 11.3. The van der Waals surface area contributed by atoms with E-state index in [4.69, 9.17) is 5.73 Å². The number of rotatable bonds is 3. The number of carbonyl (C=O) groups excluding carboxylic acids is 1.